The lowest BCUT2D eigenvalue weighted by Gasteiger charge is -2.17. The van der Waals surface area contributed by atoms with Crippen LogP contribution in [0.5, 0.6) is 0 Å². The van der Waals surface area contributed by atoms with E-state index in [4.69, 9.17) is 4.52 Å². The van der Waals surface area contributed by atoms with Crippen LogP contribution < -0.4 is 0 Å². The van der Waals surface area contributed by atoms with E-state index in [1.807, 2.05) is 62.8 Å². The van der Waals surface area contributed by atoms with Gasteiger partial charge in [-0.1, -0.05) is 30.3 Å². The normalized spacial score (nSPS) is 11.0. The van der Waals surface area contributed by atoms with E-state index in [0.717, 1.165) is 29.1 Å². The minimum absolute atomic E-state index is 0.0986. The molecule has 0 fully saturated rings. The quantitative estimate of drug-likeness (QED) is 0.597. The van der Waals surface area contributed by atoms with Crippen molar-refractivity contribution < 1.29 is 9.32 Å². The van der Waals surface area contributed by atoms with Gasteiger partial charge in [-0.3, -0.25) is 4.79 Å². The van der Waals surface area contributed by atoms with Crippen LogP contribution in [0, 0.1) is 13.8 Å². The summed E-state index contributed by atoms with van der Waals surface area (Å²) in [5.41, 5.74) is 4.11. The summed E-state index contributed by atoms with van der Waals surface area (Å²) >= 11 is 0. The Morgan fingerprint density at radius 2 is 1.96 bits per heavy atom. The molecule has 1 amide bonds. The molecular weight excluding hydrogens is 354 g/mol. The highest BCUT2D eigenvalue weighted by Gasteiger charge is 2.17. The molecule has 0 N–H and O–H groups in total. The van der Waals surface area contributed by atoms with Crippen molar-refractivity contribution in [2.24, 2.45) is 0 Å². The van der Waals surface area contributed by atoms with E-state index in [9.17, 15) is 4.79 Å². The Balaban J connectivity index is 1.58. The summed E-state index contributed by atoms with van der Waals surface area (Å²) in [6, 6.07) is 10.0. The molecule has 148 valence electrons. The fraction of sp³-hybridized carbons (Fsp3) is 0.429. The van der Waals surface area contributed by atoms with Gasteiger partial charge in [0.15, 0.2) is 5.82 Å². The summed E-state index contributed by atoms with van der Waals surface area (Å²) in [5, 5.41) is 8.54. The van der Waals surface area contributed by atoms with Crippen molar-refractivity contribution in [2.45, 2.75) is 53.0 Å². The Morgan fingerprint density at radius 1 is 1.21 bits per heavy atom. The first-order valence-corrected chi connectivity index (χ1v) is 9.65. The fourth-order valence-corrected chi connectivity index (χ4v) is 3.17. The molecule has 28 heavy (non-hydrogen) atoms. The Morgan fingerprint density at radius 3 is 2.64 bits per heavy atom. The molecule has 0 spiro atoms. The molecule has 0 aliphatic heterocycles. The molecule has 0 aliphatic carbocycles. The van der Waals surface area contributed by atoms with Gasteiger partial charge in [0.1, 0.15) is 0 Å². The lowest BCUT2D eigenvalue weighted by atomic mass is 10.1. The van der Waals surface area contributed by atoms with E-state index in [0.29, 0.717) is 37.5 Å². The van der Waals surface area contributed by atoms with Crippen molar-refractivity contribution in [3.63, 3.8) is 0 Å². The predicted molar refractivity (Wildman–Crippen MR) is 106 cm³/mol. The third-order valence-electron chi connectivity index (χ3n) is 4.87. The molecular formula is C21H27N5O2. The lowest BCUT2D eigenvalue weighted by molar-refractivity contribution is -0.130. The third kappa shape index (κ3) is 4.47. The van der Waals surface area contributed by atoms with Gasteiger partial charge in [0, 0.05) is 44.1 Å². The number of nitrogens with zero attached hydrogens (tertiary/aromatic N) is 5. The molecule has 0 saturated carbocycles. The molecule has 7 heteroatoms. The minimum atomic E-state index is 0.0986. The molecule has 7 nitrogen and oxygen atoms in total. The Bertz CT molecular complexity index is 930. The second-order valence-electron chi connectivity index (χ2n) is 6.96. The molecule has 0 atom stereocenters. The standard InChI is InChI=1S/C21H27N5O2/c1-5-19-22-20(28-24-19)12-9-13-21(27)25(4)14-18-15(2)23-26(16(18)3)17-10-7-6-8-11-17/h6-8,10-11H,5,9,12-14H2,1-4H3. The number of carbonyl (C=O) groups is 1. The monoisotopic (exact) mass is 381 g/mol. The maximum atomic E-state index is 12.5. The molecule has 0 bridgehead atoms. The number of aryl methyl sites for hydroxylation is 3. The van der Waals surface area contributed by atoms with E-state index in [-0.39, 0.29) is 5.91 Å². The number of benzene rings is 1. The van der Waals surface area contributed by atoms with Gasteiger partial charge in [-0.2, -0.15) is 10.1 Å². The number of para-hydroxylation sites is 1. The fourth-order valence-electron chi connectivity index (χ4n) is 3.17. The van der Waals surface area contributed by atoms with Crippen LogP contribution >= 0.6 is 0 Å². The highest BCUT2D eigenvalue weighted by molar-refractivity contribution is 5.75. The molecule has 3 rings (SSSR count). The summed E-state index contributed by atoms with van der Waals surface area (Å²) in [6.45, 7) is 6.56. The first kappa shape index (κ1) is 19.8. The summed E-state index contributed by atoms with van der Waals surface area (Å²) in [5.74, 6) is 1.41. The SMILES string of the molecule is CCc1noc(CCCC(=O)N(C)Cc2c(C)nn(-c3ccccc3)c2C)n1. The van der Waals surface area contributed by atoms with Crippen molar-refractivity contribution in [3.8, 4) is 5.69 Å². The van der Waals surface area contributed by atoms with Crippen molar-refractivity contribution >= 4 is 5.91 Å². The summed E-state index contributed by atoms with van der Waals surface area (Å²) in [4.78, 5) is 18.6. The van der Waals surface area contributed by atoms with Crippen LogP contribution in [0.1, 0.15) is 48.4 Å². The van der Waals surface area contributed by atoms with E-state index in [1.165, 1.54) is 0 Å². The van der Waals surface area contributed by atoms with Crippen molar-refractivity contribution in [2.75, 3.05) is 7.05 Å². The summed E-state index contributed by atoms with van der Waals surface area (Å²) < 4.78 is 7.11. The van der Waals surface area contributed by atoms with Crippen LogP contribution in [0.25, 0.3) is 5.69 Å². The highest BCUT2D eigenvalue weighted by Crippen LogP contribution is 2.19. The van der Waals surface area contributed by atoms with E-state index in [1.54, 1.807) is 4.90 Å². The Kier molecular flexibility index (Phi) is 6.23. The number of amides is 1. The van der Waals surface area contributed by atoms with Gasteiger partial charge in [-0.05, 0) is 32.4 Å². The number of hydrogen-bond donors (Lipinski definition) is 0. The minimum Gasteiger partial charge on any atom is -0.341 e. The molecule has 0 unspecified atom stereocenters. The zero-order chi connectivity index (χ0) is 20.1. The van der Waals surface area contributed by atoms with Crippen LogP contribution in [-0.2, 0) is 24.2 Å². The van der Waals surface area contributed by atoms with Gasteiger partial charge in [-0.15, -0.1) is 0 Å². The van der Waals surface area contributed by atoms with Crippen molar-refractivity contribution in [3.05, 3.63) is 59.0 Å². The van der Waals surface area contributed by atoms with Gasteiger partial charge in [-0.25, -0.2) is 4.68 Å². The molecule has 0 aliphatic rings. The van der Waals surface area contributed by atoms with Crippen molar-refractivity contribution in [1.82, 2.24) is 24.8 Å². The Hall–Kier alpha value is -2.96. The van der Waals surface area contributed by atoms with Crippen LogP contribution in [0.15, 0.2) is 34.9 Å². The molecule has 0 radical (unpaired) electrons. The third-order valence-corrected chi connectivity index (χ3v) is 4.87. The van der Waals surface area contributed by atoms with Gasteiger partial charge in [0.2, 0.25) is 11.8 Å². The topological polar surface area (TPSA) is 77.0 Å². The Labute approximate surface area is 165 Å². The zero-order valence-electron chi connectivity index (χ0n) is 17.0. The van der Waals surface area contributed by atoms with Gasteiger partial charge in [0.25, 0.3) is 0 Å². The van der Waals surface area contributed by atoms with Gasteiger partial charge in [0.05, 0.1) is 11.4 Å². The first-order chi connectivity index (χ1) is 13.5. The average molecular weight is 381 g/mol. The second-order valence-corrected chi connectivity index (χ2v) is 6.96. The van der Waals surface area contributed by atoms with Crippen LogP contribution in [0.3, 0.4) is 0 Å². The van der Waals surface area contributed by atoms with Crippen LogP contribution in [-0.4, -0.2) is 37.8 Å². The second kappa shape index (κ2) is 8.82. The predicted octanol–water partition coefficient (Wildman–Crippen LogP) is 3.42. The number of hydrogen-bond acceptors (Lipinski definition) is 5. The molecule has 1 aromatic carbocycles. The largest absolute Gasteiger partial charge is 0.341 e. The lowest BCUT2D eigenvalue weighted by Crippen LogP contribution is -2.26. The number of aromatic nitrogens is 4. The van der Waals surface area contributed by atoms with Crippen LogP contribution in [0.4, 0.5) is 0 Å². The van der Waals surface area contributed by atoms with E-state index < -0.39 is 0 Å². The van der Waals surface area contributed by atoms with E-state index in [2.05, 4.69) is 15.2 Å². The van der Waals surface area contributed by atoms with Gasteiger partial charge < -0.3 is 9.42 Å². The van der Waals surface area contributed by atoms with Crippen LogP contribution in [0.2, 0.25) is 0 Å². The molecule has 3 aromatic rings. The van der Waals surface area contributed by atoms with E-state index >= 15 is 0 Å². The average Bonchev–Trinajstić information content (AvgIpc) is 3.28. The molecule has 0 saturated heterocycles. The number of carbonyl (C=O) groups excluding carboxylic acids is 1. The highest BCUT2D eigenvalue weighted by atomic mass is 16.5. The maximum Gasteiger partial charge on any atom is 0.226 e. The molecule has 2 aromatic heterocycles. The smallest absolute Gasteiger partial charge is 0.226 e. The maximum absolute atomic E-state index is 12.5. The zero-order valence-corrected chi connectivity index (χ0v) is 17.0. The summed E-state index contributed by atoms with van der Waals surface area (Å²) in [6.07, 6.45) is 2.51. The van der Waals surface area contributed by atoms with Gasteiger partial charge >= 0.3 is 0 Å². The molecule has 2 heterocycles. The van der Waals surface area contributed by atoms with Crippen molar-refractivity contribution in [1.29, 1.82) is 0 Å². The first-order valence-electron chi connectivity index (χ1n) is 9.65. The number of rotatable bonds is 8. The summed E-state index contributed by atoms with van der Waals surface area (Å²) in [7, 11) is 1.84.